The molecule has 0 amide bonds. The minimum atomic E-state index is 0.403. The van der Waals surface area contributed by atoms with Crippen molar-refractivity contribution < 1.29 is 0 Å². The van der Waals surface area contributed by atoms with Crippen molar-refractivity contribution in [1.82, 2.24) is 5.32 Å². The van der Waals surface area contributed by atoms with Crippen molar-refractivity contribution in [3.05, 3.63) is 12.3 Å². The third-order valence-corrected chi connectivity index (χ3v) is 4.03. The largest absolute Gasteiger partial charge is 0.387 e. The molecular formula is C17H36N2. The van der Waals surface area contributed by atoms with Gasteiger partial charge in [0.15, 0.2) is 0 Å². The number of rotatable bonds is 13. The van der Waals surface area contributed by atoms with Crippen LogP contribution in [-0.4, -0.2) is 13.1 Å². The number of nitrogens with one attached hydrogen (secondary N) is 1. The van der Waals surface area contributed by atoms with Crippen molar-refractivity contribution >= 4 is 0 Å². The first-order valence-electron chi connectivity index (χ1n) is 8.19. The highest BCUT2D eigenvalue weighted by Crippen LogP contribution is 2.30. The molecule has 0 spiro atoms. The van der Waals surface area contributed by atoms with Crippen molar-refractivity contribution in [2.75, 3.05) is 13.1 Å². The number of nitrogens with two attached hydrogens (primary N) is 1. The van der Waals surface area contributed by atoms with E-state index < -0.39 is 0 Å². The number of unbranched alkanes of at least 4 members (excludes halogenated alkanes) is 5. The first-order valence-corrected chi connectivity index (χ1v) is 8.19. The highest BCUT2D eigenvalue weighted by atomic mass is 14.9. The van der Waals surface area contributed by atoms with E-state index in [1.54, 1.807) is 0 Å². The standard InChI is InChI=1S/C17H36N2/c1-5-7-9-10-11-13-17(4,12-8-6-2)15-19-16(3)14-18/h19H,3,5-15,18H2,1-2,4H3. The third kappa shape index (κ3) is 10.0. The molecule has 0 aromatic carbocycles. The Morgan fingerprint density at radius 2 is 1.58 bits per heavy atom. The second-order valence-corrected chi connectivity index (χ2v) is 6.24. The molecule has 1 atom stereocenters. The van der Waals surface area contributed by atoms with Crippen molar-refractivity contribution in [2.24, 2.45) is 11.1 Å². The van der Waals surface area contributed by atoms with Crippen LogP contribution >= 0.6 is 0 Å². The molecule has 0 aliphatic rings. The van der Waals surface area contributed by atoms with Crippen LogP contribution in [0.15, 0.2) is 12.3 Å². The molecule has 2 nitrogen and oxygen atoms in total. The zero-order valence-corrected chi connectivity index (χ0v) is 13.6. The predicted octanol–water partition coefficient (Wildman–Crippen LogP) is 4.61. The Labute approximate surface area is 121 Å². The number of hydrogen-bond donors (Lipinski definition) is 2. The molecule has 114 valence electrons. The van der Waals surface area contributed by atoms with Gasteiger partial charge in [0, 0.05) is 18.8 Å². The molecule has 0 bridgehead atoms. The molecule has 3 N–H and O–H groups in total. The molecular weight excluding hydrogens is 232 g/mol. The Morgan fingerprint density at radius 3 is 2.16 bits per heavy atom. The van der Waals surface area contributed by atoms with Crippen LogP contribution in [0.2, 0.25) is 0 Å². The van der Waals surface area contributed by atoms with Crippen molar-refractivity contribution in [3.8, 4) is 0 Å². The second kappa shape index (κ2) is 11.3. The lowest BCUT2D eigenvalue weighted by Crippen LogP contribution is -2.33. The molecule has 0 fully saturated rings. The maximum absolute atomic E-state index is 5.59. The van der Waals surface area contributed by atoms with Crippen LogP contribution in [0.1, 0.15) is 78.6 Å². The van der Waals surface area contributed by atoms with Crippen LogP contribution in [0.25, 0.3) is 0 Å². The summed E-state index contributed by atoms with van der Waals surface area (Å²) < 4.78 is 0. The Kier molecular flexibility index (Phi) is 11.0. The average Bonchev–Trinajstić information content (AvgIpc) is 2.42. The maximum atomic E-state index is 5.59. The van der Waals surface area contributed by atoms with Gasteiger partial charge in [-0.2, -0.15) is 0 Å². The van der Waals surface area contributed by atoms with Gasteiger partial charge < -0.3 is 11.1 Å². The third-order valence-electron chi connectivity index (χ3n) is 4.03. The molecule has 0 aromatic heterocycles. The molecule has 1 unspecified atom stereocenters. The van der Waals surface area contributed by atoms with E-state index in [-0.39, 0.29) is 0 Å². The molecule has 0 aromatic rings. The second-order valence-electron chi connectivity index (χ2n) is 6.24. The summed E-state index contributed by atoms with van der Waals surface area (Å²) in [5.74, 6) is 0. The summed E-state index contributed by atoms with van der Waals surface area (Å²) in [5, 5.41) is 3.41. The summed E-state index contributed by atoms with van der Waals surface area (Å²) in [5.41, 5.74) is 6.96. The smallest absolute Gasteiger partial charge is 0.0322 e. The van der Waals surface area contributed by atoms with Gasteiger partial charge in [-0.1, -0.05) is 72.3 Å². The summed E-state index contributed by atoms with van der Waals surface area (Å²) >= 11 is 0. The summed E-state index contributed by atoms with van der Waals surface area (Å²) in [6, 6.07) is 0. The summed E-state index contributed by atoms with van der Waals surface area (Å²) in [6.45, 7) is 12.5. The van der Waals surface area contributed by atoms with E-state index in [1.165, 1.54) is 57.8 Å². The lowest BCUT2D eigenvalue weighted by Gasteiger charge is -2.31. The highest BCUT2D eigenvalue weighted by Gasteiger charge is 2.22. The maximum Gasteiger partial charge on any atom is 0.0322 e. The molecule has 19 heavy (non-hydrogen) atoms. The first kappa shape index (κ1) is 18.5. The van der Waals surface area contributed by atoms with E-state index >= 15 is 0 Å². The van der Waals surface area contributed by atoms with Gasteiger partial charge in [-0.05, 0) is 18.3 Å². The van der Waals surface area contributed by atoms with E-state index in [0.29, 0.717) is 12.0 Å². The van der Waals surface area contributed by atoms with Gasteiger partial charge in [0.2, 0.25) is 0 Å². The molecule has 0 radical (unpaired) electrons. The SMILES string of the molecule is C=C(CN)NCC(C)(CCCC)CCCCCCC. The Hall–Kier alpha value is -0.500. The van der Waals surface area contributed by atoms with Gasteiger partial charge in [-0.25, -0.2) is 0 Å². The van der Waals surface area contributed by atoms with Crippen LogP contribution in [0.3, 0.4) is 0 Å². The summed E-state index contributed by atoms with van der Waals surface area (Å²) in [7, 11) is 0. The summed E-state index contributed by atoms with van der Waals surface area (Å²) in [4.78, 5) is 0. The van der Waals surface area contributed by atoms with Gasteiger partial charge in [0.1, 0.15) is 0 Å². The zero-order chi connectivity index (χ0) is 14.6. The fourth-order valence-corrected chi connectivity index (χ4v) is 2.47. The average molecular weight is 268 g/mol. The Bertz CT molecular complexity index is 225. The fraction of sp³-hybridized carbons (Fsp3) is 0.882. The first-order chi connectivity index (χ1) is 9.08. The zero-order valence-electron chi connectivity index (χ0n) is 13.6. The molecule has 0 heterocycles. The van der Waals surface area contributed by atoms with Crippen LogP contribution in [0.5, 0.6) is 0 Å². The Morgan fingerprint density at radius 1 is 1.00 bits per heavy atom. The molecule has 0 rings (SSSR count). The summed E-state index contributed by atoms with van der Waals surface area (Å²) in [6.07, 6.45) is 12.1. The van der Waals surface area contributed by atoms with E-state index in [4.69, 9.17) is 5.73 Å². The van der Waals surface area contributed by atoms with Crippen LogP contribution < -0.4 is 11.1 Å². The lowest BCUT2D eigenvalue weighted by atomic mass is 9.79. The predicted molar refractivity (Wildman–Crippen MR) is 87.2 cm³/mol. The van der Waals surface area contributed by atoms with Crippen molar-refractivity contribution in [3.63, 3.8) is 0 Å². The van der Waals surface area contributed by atoms with Crippen LogP contribution in [0, 0.1) is 5.41 Å². The van der Waals surface area contributed by atoms with Crippen molar-refractivity contribution in [2.45, 2.75) is 78.6 Å². The monoisotopic (exact) mass is 268 g/mol. The molecule has 0 aliphatic heterocycles. The van der Waals surface area contributed by atoms with Gasteiger partial charge in [0.25, 0.3) is 0 Å². The molecule has 0 saturated heterocycles. The van der Waals surface area contributed by atoms with E-state index in [9.17, 15) is 0 Å². The quantitative estimate of drug-likeness (QED) is 0.479. The van der Waals surface area contributed by atoms with E-state index in [0.717, 1.165) is 12.2 Å². The van der Waals surface area contributed by atoms with Gasteiger partial charge in [-0.15, -0.1) is 0 Å². The molecule has 0 aliphatic carbocycles. The van der Waals surface area contributed by atoms with Crippen LogP contribution in [0.4, 0.5) is 0 Å². The van der Waals surface area contributed by atoms with Crippen LogP contribution in [-0.2, 0) is 0 Å². The van der Waals surface area contributed by atoms with Gasteiger partial charge in [0.05, 0.1) is 0 Å². The number of hydrogen-bond acceptors (Lipinski definition) is 2. The van der Waals surface area contributed by atoms with E-state index in [2.05, 4.69) is 32.7 Å². The molecule has 0 saturated carbocycles. The van der Waals surface area contributed by atoms with Crippen molar-refractivity contribution in [1.29, 1.82) is 0 Å². The lowest BCUT2D eigenvalue weighted by molar-refractivity contribution is 0.248. The fourth-order valence-electron chi connectivity index (χ4n) is 2.47. The van der Waals surface area contributed by atoms with Gasteiger partial charge >= 0.3 is 0 Å². The highest BCUT2D eigenvalue weighted by molar-refractivity contribution is 4.94. The van der Waals surface area contributed by atoms with Gasteiger partial charge in [-0.3, -0.25) is 0 Å². The normalized spacial score (nSPS) is 14.1. The Balaban J connectivity index is 4.06. The topological polar surface area (TPSA) is 38.0 Å². The van der Waals surface area contributed by atoms with E-state index in [1.807, 2.05) is 0 Å². The molecule has 2 heteroatoms. The minimum absolute atomic E-state index is 0.403. The minimum Gasteiger partial charge on any atom is -0.387 e.